The molecule has 2 aromatic carbocycles. The van der Waals surface area contributed by atoms with Crippen molar-refractivity contribution < 1.29 is 24.0 Å². The Balaban J connectivity index is 0.000000711. The van der Waals surface area contributed by atoms with Crippen LogP contribution in [0.25, 0.3) is 0 Å². The number of carbonyl (C=O) groups is 1. The van der Waals surface area contributed by atoms with Gasteiger partial charge < -0.3 is 20.0 Å². The van der Waals surface area contributed by atoms with Gasteiger partial charge in [-0.2, -0.15) is 0 Å². The number of ketones is 1. The molecule has 2 aromatic heterocycles. The first-order chi connectivity index (χ1) is 26.3. The number of hydrogen-bond acceptors (Lipinski definition) is 6. The van der Waals surface area contributed by atoms with Gasteiger partial charge in [0.2, 0.25) is 0 Å². The first kappa shape index (κ1) is 54.2. The molecule has 0 fully saturated rings. The summed E-state index contributed by atoms with van der Waals surface area (Å²) in [4.78, 5) is 14.9. The number of fused-ring (bicyclic) bond motifs is 7. The summed E-state index contributed by atoms with van der Waals surface area (Å²) < 4.78 is 8.62. The van der Waals surface area contributed by atoms with E-state index in [0.29, 0.717) is 33.1 Å². The van der Waals surface area contributed by atoms with Gasteiger partial charge in [-0.3, -0.25) is 9.27 Å². The molecular formula is C49H80B2N3O4+. The number of anilines is 1. The predicted octanol–water partition coefficient (Wildman–Crippen LogP) is 10.5. The highest BCUT2D eigenvalue weighted by atomic mass is 16.5. The Labute approximate surface area is 355 Å². The summed E-state index contributed by atoms with van der Waals surface area (Å²) in [5.74, 6) is 1.10. The highest BCUT2D eigenvalue weighted by Crippen LogP contribution is 2.44. The van der Waals surface area contributed by atoms with Gasteiger partial charge in [0.1, 0.15) is 12.0 Å². The second kappa shape index (κ2) is 23.7. The normalized spacial score (nSPS) is 16.0. The highest BCUT2D eigenvalue weighted by molar-refractivity contribution is 6.61. The van der Waals surface area contributed by atoms with Gasteiger partial charge >= 0.3 is 14.2 Å². The maximum Gasteiger partial charge on any atom is 0.697 e. The van der Waals surface area contributed by atoms with E-state index in [9.17, 15) is 4.79 Å². The zero-order chi connectivity index (χ0) is 45.3. The third-order valence-corrected chi connectivity index (χ3v) is 7.10. The Hall–Kier alpha value is -3.78. The van der Waals surface area contributed by atoms with Crippen molar-refractivity contribution in [3.8, 4) is 0 Å². The maximum absolute atomic E-state index is 10.9. The number of nitrogens with zero attached hydrogens (tertiary/aromatic N) is 2. The fourth-order valence-electron chi connectivity index (χ4n) is 4.95. The molecule has 4 aromatic rings. The SMILES string of the molecule is CC(=O)c1ccccc1B(O)O.CC(C)(C)C.CC(C)(C)C.CC(C)(C)C.CC(C)(C)C.CC1c2cccc[n+]2B2OC1(C)c1ccccc12.CNc1ccccn1. The minimum Gasteiger partial charge on any atom is -0.423 e. The first-order valence-corrected chi connectivity index (χ1v) is 20.6. The lowest BCUT2D eigenvalue weighted by Gasteiger charge is -2.33. The number of carbonyl (C=O) groups excluding carboxylic acids is 1. The monoisotopic (exact) mass is 797 g/mol. The summed E-state index contributed by atoms with van der Waals surface area (Å²) in [6, 6.07) is 27.2. The van der Waals surface area contributed by atoms with Gasteiger partial charge in [0, 0.05) is 30.3 Å². The highest BCUT2D eigenvalue weighted by Gasteiger charge is 2.60. The van der Waals surface area contributed by atoms with Gasteiger partial charge in [-0.25, -0.2) is 4.98 Å². The van der Waals surface area contributed by atoms with Crippen LogP contribution in [-0.4, -0.2) is 42.0 Å². The van der Waals surface area contributed by atoms with Crippen LogP contribution < -0.4 is 20.7 Å². The van der Waals surface area contributed by atoms with Crippen molar-refractivity contribution in [1.29, 1.82) is 0 Å². The van der Waals surface area contributed by atoms with Crippen LogP contribution in [0.15, 0.2) is 97.3 Å². The Kier molecular flexibility index (Phi) is 22.2. The molecule has 2 atom stereocenters. The zero-order valence-corrected chi connectivity index (χ0v) is 40.1. The lowest BCUT2D eigenvalue weighted by molar-refractivity contribution is -0.570. The molecule has 0 spiro atoms. The third-order valence-electron chi connectivity index (χ3n) is 7.10. The summed E-state index contributed by atoms with van der Waals surface area (Å²) in [6.07, 6.45) is 3.88. The van der Waals surface area contributed by atoms with Crippen LogP contribution in [0.2, 0.25) is 0 Å². The topological polar surface area (TPSA) is 95.6 Å². The van der Waals surface area contributed by atoms with E-state index in [-0.39, 0.29) is 23.9 Å². The van der Waals surface area contributed by atoms with Crippen LogP contribution in [0.5, 0.6) is 0 Å². The second-order valence-electron chi connectivity index (χ2n) is 21.4. The van der Waals surface area contributed by atoms with Crippen LogP contribution in [0.1, 0.15) is 159 Å². The van der Waals surface area contributed by atoms with E-state index in [1.165, 1.54) is 29.7 Å². The molecule has 0 aliphatic carbocycles. The van der Waals surface area contributed by atoms with Crippen LogP contribution in [-0.2, 0) is 10.3 Å². The van der Waals surface area contributed by atoms with Crippen LogP contribution in [0.4, 0.5) is 5.82 Å². The zero-order valence-electron chi connectivity index (χ0n) is 40.1. The quantitative estimate of drug-likeness (QED) is 0.141. The molecule has 2 aliphatic rings. The Bertz CT molecular complexity index is 1690. The largest absolute Gasteiger partial charge is 0.697 e. The summed E-state index contributed by atoms with van der Waals surface area (Å²) in [6.45, 7) is 40.9. The Morgan fingerprint density at radius 1 is 0.724 bits per heavy atom. The average Bonchev–Trinajstić information content (AvgIpc) is 3.35. The Morgan fingerprint density at radius 2 is 1.17 bits per heavy atom. The fourth-order valence-corrected chi connectivity index (χ4v) is 4.95. The van der Waals surface area contributed by atoms with Crippen LogP contribution >= 0.6 is 0 Å². The molecule has 0 saturated heterocycles. The second-order valence-corrected chi connectivity index (χ2v) is 21.4. The lowest BCUT2D eigenvalue weighted by Crippen LogP contribution is -2.64. The van der Waals surface area contributed by atoms with Gasteiger partial charge in [0.25, 0.3) is 0 Å². The van der Waals surface area contributed by atoms with E-state index >= 15 is 0 Å². The molecule has 6 rings (SSSR count). The summed E-state index contributed by atoms with van der Waals surface area (Å²) in [5, 5.41) is 20.6. The van der Waals surface area contributed by atoms with Crippen LogP contribution in [0.3, 0.4) is 0 Å². The number of Topliss-reactive ketones (excluding diaryl/α,β-unsaturated/α-hetero) is 1. The van der Waals surface area contributed by atoms with Gasteiger partial charge in [-0.15, -0.1) is 0 Å². The number of nitrogens with one attached hydrogen (secondary N) is 1. The van der Waals surface area contributed by atoms with Crippen molar-refractivity contribution >= 4 is 36.7 Å². The van der Waals surface area contributed by atoms with E-state index in [1.54, 1.807) is 24.4 Å². The average molecular weight is 797 g/mol. The van der Waals surface area contributed by atoms with Gasteiger partial charge in [0.15, 0.2) is 11.5 Å². The molecule has 2 bridgehead atoms. The number of aromatic nitrogens is 2. The predicted molar refractivity (Wildman–Crippen MR) is 251 cm³/mol. The molecule has 3 N–H and O–H groups in total. The van der Waals surface area contributed by atoms with Crippen molar-refractivity contribution in [2.24, 2.45) is 21.7 Å². The summed E-state index contributed by atoms with van der Waals surface area (Å²) >= 11 is 0. The van der Waals surface area contributed by atoms with Gasteiger partial charge in [-0.1, -0.05) is 171 Å². The Morgan fingerprint density at radius 3 is 1.59 bits per heavy atom. The number of pyridine rings is 2. The van der Waals surface area contributed by atoms with Gasteiger partial charge in [0.05, 0.1) is 11.5 Å². The van der Waals surface area contributed by atoms with E-state index < -0.39 is 7.12 Å². The molecule has 2 aliphatic heterocycles. The molecule has 0 amide bonds. The molecule has 58 heavy (non-hydrogen) atoms. The van der Waals surface area contributed by atoms with Crippen molar-refractivity contribution in [1.82, 2.24) is 4.98 Å². The molecule has 2 unspecified atom stereocenters. The van der Waals surface area contributed by atoms with E-state index in [4.69, 9.17) is 14.7 Å². The maximum atomic E-state index is 10.9. The summed E-state index contributed by atoms with van der Waals surface area (Å²) in [5.41, 5.74) is 6.42. The molecule has 0 radical (unpaired) electrons. The molecular weight excluding hydrogens is 716 g/mol. The van der Waals surface area contributed by atoms with Gasteiger partial charge in [-0.05, 0) is 71.7 Å². The lowest BCUT2D eigenvalue weighted by atomic mass is 9.73. The molecule has 9 heteroatoms. The smallest absolute Gasteiger partial charge is 0.423 e. The van der Waals surface area contributed by atoms with Crippen LogP contribution in [0, 0.1) is 21.7 Å². The minimum atomic E-state index is -1.58. The molecule has 0 saturated carbocycles. The number of hydrogen-bond donors (Lipinski definition) is 3. The van der Waals surface area contributed by atoms with E-state index in [2.05, 4.69) is 188 Å². The molecule has 4 heterocycles. The van der Waals surface area contributed by atoms with E-state index in [1.807, 2.05) is 25.2 Å². The molecule has 320 valence electrons. The number of benzene rings is 2. The van der Waals surface area contributed by atoms with Crippen molar-refractivity contribution in [2.45, 2.75) is 143 Å². The van der Waals surface area contributed by atoms with Crippen molar-refractivity contribution in [3.05, 3.63) is 114 Å². The third kappa shape index (κ3) is 23.6. The first-order valence-electron chi connectivity index (χ1n) is 20.6. The van der Waals surface area contributed by atoms with Crippen molar-refractivity contribution in [2.75, 3.05) is 12.4 Å². The van der Waals surface area contributed by atoms with E-state index in [0.717, 1.165) is 5.82 Å². The molecule has 7 nitrogen and oxygen atoms in total. The number of rotatable bonds is 3. The van der Waals surface area contributed by atoms with Crippen molar-refractivity contribution in [3.63, 3.8) is 0 Å². The fraction of sp³-hybridized carbons (Fsp3) is 0.531. The minimum absolute atomic E-state index is 0.0404. The summed E-state index contributed by atoms with van der Waals surface area (Å²) in [7, 11) is 0.311. The standard InChI is InChI=1S/C15H15BNO.C8H9BO3.C6H8N2.4C5H12/c1-11-14-9-5-6-10-17(14)16-13-8-4-3-7-12(13)15(11,2)18-16;1-6(10)7-4-2-3-5-8(7)9(11)12;1-7-6-4-2-3-5-8-6;4*1-5(2,3)4/h3-11H,1-2H3;2-5,11-12H,1H3;2-5H,1H3,(H,7,8);4*1-4H3/q+1;;;;;;.